The Bertz CT molecular complexity index is 773. The van der Waals surface area contributed by atoms with Crippen molar-refractivity contribution in [3.05, 3.63) is 46.8 Å². The Kier molecular flexibility index (Phi) is 4.01. The van der Waals surface area contributed by atoms with E-state index in [0.717, 1.165) is 46.8 Å². The monoisotopic (exact) mass is 312 g/mol. The number of guanidine groups is 1. The van der Waals surface area contributed by atoms with Gasteiger partial charge in [-0.2, -0.15) is 10.2 Å². The van der Waals surface area contributed by atoms with Crippen molar-refractivity contribution in [2.75, 3.05) is 7.11 Å². The van der Waals surface area contributed by atoms with E-state index in [1.165, 1.54) is 0 Å². The van der Waals surface area contributed by atoms with Gasteiger partial charge in [0.15, 0.2) is 0 Å². The summed E-state index contributed by atoms with van der Waals surface area (Å²) in [4.78, 5) is 0. The van der Waals surface area contributed by atoms with Crippen LogP contribution < -0.4 is 16.2 Å². The van der Waals surface area contributed by atoms with Gasteiger partial charge in [0.2, 0.25) is 5.96 Å². The van der Waals surface area contributed by atoms with Gasteiger partial charge in [-0.1, -0.05) is 18.2 Å². The molecule has 120 valence electrons. The first-order valence-electron chi connectivity index (χ1n) is 7.42. The summed E-state index contributed by atoms with van der Waals surface area (Å²) >= 11 is 0. The van der Waals surface area contributed by atoms with Crippen molar-refractivity contribution in [2.45, 2.75) is 25.7 Å². The fourth-order valence-electron chi connectivity index (χ4n) is 3.08. The average Bonchev–Trinajstić information content (AvgIpc) is 2.94. The second-order valence-electron chi connectivity index (χ2n) is 5.59. The fraction of sp³-hybridized carbons (Fsp3) is 0.312. The van der Waals surface area contributed by atoms with Gasteiger partial charge in [0.05, 0.1) is 18.5 Å². The fourth-order valence-corrected chi connectivity index (χ4v) is 3.08. The predicted octanol–water partition coefficient (Wildman–Crippen LogP) is 1.43. The maximum atomic E-state index is 5.49. The first-order chi connectivity index (χ1) is 11.1. The summed E-state index contributed by atoms with van der Waals surface area (Å²) in [5, 5.41) is 15.5. The van der Waals surface area contributed by atoms with Crippen LogP contribution in [-0.2, 0) is 6.42 Å². The molecule has 0 bridgehead atoms. The molecule has 1 aliphatic carbocycles. The molecule has 7 nitrogen and oxygen atoms in total. The van der Waals surface area contributed by atoms with Crippen LogP contribution in [0.3, 0.4) is 0 Å². The molecule has 1 heterocycles. The first-order valence-corrected chi connectivity index (χ1v) is 7.42. The topological polar surface area (TPSA) is 115 Å². The molecule has 1 unspecified atom stereocenters. The number of nitrogens with two attached hydrogens (primary N) is 2. The Hall–Kier alpha value is -2.83. The molecule has 0 aliphatic heterocycles. The Morgan fingerprint density at radius 3 is 2.83 bits per heavy atom. The molecule has 0 saturated carbocycles. The Morgan fingerprint density at radius 2 is 2.09 bits per heavy atom. The molecule has 1 atom stereocenters. The second kappa shape index (κ2) is 6.12. The largest absolute Gasteiger partial charge is 0.496 e. The van der Waals surface area contributed by atoms with E-state index in [-0.39, 0.29) is 11.9 Å². The number of methoxy groups -OCH3 is 1. The maximum Gasteiger partial charge on any atom is 0.211 e. The lowest BCUT2D eigenvalue weighted by Gasteiger charge is -2.24. The number of nitrogens with one attached hydrogen (secondary N) is 1. The van der Waals surface area contributed by atoms with Crippen molar-refractivity contribution >= 4 is 11.7 Å². The minimum atomic E-state index is -0.0559. The number of hydrogen-bond donors (Lipinski definition) is 3. The van der Waals surface area contributed by atoms with E-state index in [1.807, 2.05) is 25.1 Å². The Morgan fingerprint density at radius 1 is 1.30 bits per heavy atom. The van der Waals surface area contributed by atoms with Crippen LogP contribution in [0.4, 0.5) is 0 Å². The second-order valence-corrected chi connectivity index (χ2v) is 5.59. The smallest absolute Gasteiger partial charge is 0.211 e. The van der Waals surface area contributed by atoms with Crippen molar-refractivity contribution in [3.8, 4) is 5.75 Å². The van der Waals surface area contributed by atoms with Gasteiger partial charge >= 0.3 is 0 Å². The highest BCUT2D eigenvalue weighted by atomic mass is 16.5. The number of H-pyrrole nitrogens is 1. The van der Waals surface area contributed by atoms with Crippen molar-refractivity contribution in [1.82, 2.24) is 10.2 Å². The lowest BCUT2D eigenvalue weighted by Crippen LogP contribution is -2.23. The van der Waals surface area contributed by atoms with Crippen LogP contribution in [0.5, 0.6) is 5.75 Å². The van der Waals surface area contributed by atoms with E-state index >= 15 is 0 Å². The van der Waals surface area contributed by atoms with Gasteiger partial charge in [-0.25, -0.2) is 0 Å². The molecule has 2 aromatic rings. The van der Waals surface area contributed by atoms with Crippen LogP contribution in [0.2, 0.25) is 0 Å². The molecule has 1 aliphatic rings. The van der Waals surface area contributed by atoms with Crippen LogP contribution in [-0.4, -0.2) is 29.0 Å². The number of para-hydroxylation sites is 1. The van der Waals surface area contributed by atoms with E-state index in [9.17, 15) is 0 Å². The van der Waals surface area contributed by atoms with Crippen LogP contribution >= 0.6 is 0 Å². The van der Waals surface area contributed by atoms with E-state index in [0.29, 0.717) is 0 Å². The molecular weight excluding hydrogens is 292 g/mol. The number of benzene rings is 1. The lowest BCUT2D eigenvalue weighted by molar-refractivity contribution is 0.405. The first kappa shape index (κ1) is 15.1. The normalized spacial score (nSPS) is 18.5. The summed E-state index contributed by atoms with van der Waals surface area (Å²) in [6.45, 7) is 1.97. The molecule has 0 amide bonds. The number of ether oxygens (including phenoxy) is 1. The van der Waals surface area contributed by atoms with Crippen molar-refractivity contribution in [1.29, 1.82) is 0 Å². The van der Waals surface area contributed by atoms with Gasteiger partial charge in [0.1, 0.15) is 5.75 Å². The quantitative estimate of drug-likeness (QED) is 0.452. The summed E-state index contributed by atoms with van der Waals surface area (Å²) in [7, 11) is 1.68. The highest BCUT2D eigenvalue weighted by Crippen LogP contribution is 2.37. The van der Waals surface area contributed by atoms with Crippen LogP contribution in [0.1, 0.15) is 34.9 Å². The minimum Gasteiger partial charge on any atom is -0.496 e. The summed E-state index contributed by atoms with van der Waals surface area (Å²) in [5.74, 6) is 1.03. The average molecular weight is 312 g/mol. The number of aryl methyl sites for hydroxylation is 1. The van der Waals surface area contributed by atoms with E-state index in [2.05, 4.69) is 26.5 Å². The zero-order valence-corrected chi connectivity index (χ0v) is 13.2. The third-order valence-electron chi connectivity index (χ3n) is 4.06. The molecule has 5 N–H and O–H groups in total. The van der Waals surface area contributed by atoms with Gasteiger partial charge in [0, 0.05) is 11.3 Å². The van der Waals surface area contributed by atoms with Gasteiger partial charge < -0.3 is 16.2 Å². The minimum absolute atomic E-state index is 0.0559. The van der Waals surface area contributed by atoms with Gasteiger partial charge in [-0.15, -0.1) is 5.10 Å². The number of rotatable bonds is 3. The molecular formula is C16H20N6O. The summed E-state index contributed by atoms with van der Waals surface area (Å²) in [6, 6.07) is 8.01. The van der Waals surface area contributed by atoms with Gasteiger partial charge in [0.25, 0.3) is 0 Å². The molecule has 0 spiro atoms. The molecule has 0 radical (unpaired) electrons. The van der Waals surface area contributed by atoms with Crippen LogP contribution in [0.25, 0.3) is 0 Å². The number of aromatic nitrogens is 2. The van der Waals surface area contributed by atoms with E-state index in [4.69, 9.17) is 16.2 Å². The van der Waals surface area contributed by atoms with Gasteiger partial charge in [-0.3, -0.25) is 5.10 Å². The zero-order chi connectivity index (χ0) is 16.4. The lowest BCUT2D eigenvalue weighted by atomic mass is 9.81. The summed E-state index contributed by atoms with van der Waals surface area (Å²) in [6.07, 6.45) is 1.55. The van der Waals surface area contributed by atoms with Crippen molar-refractivity contribution < 1.29 is 4.74 Å². The third kappa shape index (κ3) is 2.90. The molecule has 7 heteroatoms. The zero-order valence-electron chi connectivity index (χ0n) is 13.2. The molecule has 23 heavy (non-hydrogen) atoms. The third-order valence-corrected chi connectivity index (χ3v) is 4.06. The molecule has 1 aromatic heterocycles. The van der Waals surface area contributed by atoms with E-state index < -0.39 is 0 Å². The highest BCUT2D eigenvalue weighted by molar-refractivity contribution is 6.04. The van der Waals surface area contributed by atoms with Crippen LogP contribution in [0.15, 0.2) is 34.5 Å². The maximum absolute atomic E-state index is 5.49. The molecule has 3 rings (SSSR count). The Labute approximate surface area is 134 Å². The summed E-state index contributed by atoms with van der Waals surface area (Å²) in [5.41, 5.74) is 15.8. The molecule has 0 saturated heterocycles. The molecule has 1 aromatic carbocycles. The highest BCUT2D eigenvalue weighted by Gasteiger charge is 2.30. The SMILES string of the molecule is COc1ccccc1C1C/C(=N/N=C(N)N)c2c(n[nH]c2C)C1. The predicted molar refractivity (Wildman–Crippen MR) is 89.7 cm³/mol. The number of fused-ring (bicyclic) bond motifs is 1. The number of aromatic amines is 1. The summed E-state index contributed by atoms with van der Waals surface area (Å²) < 4.78 is 5.49. The van der Waals surface area contributed by atoms with Crippen molar-refractivity contribution in [3.63, 3.8) is 0 Å². The number of hydrogen-bond acceptors (Lipinski definition) is 4. The standard InChI is InChI=1S/C16H20N6O/c1-9-15-12(20-19-9)7-10(8-13(15)21-22-16(17)18)11-5-3-4-6-14(11)23-2/h3-6,10H,7-8H2,1-2H3,(H,19,20)(H4,17,18,22)/b21-13-. The molecule has 0 fully saturated rings. The van der Waals surface area contributed by atoms with Gasteiger partial charge in [-0.05, 0) is 37.3 Å². The Balaban J connectivity index is 2.04. The van der Waals surface area contributed by atoms with E-state index in [1.54, 1.807) is 7.11 Å². The van der Waals surface area contributed by atoms with Crippen LogP contribution in [0, 0.1) is 6.92 Å². The number of nitrogens with zero attached hydrogens (tertiary/aromatic N) is 3. The van der Waals surface area contributed by atoms with Crippen molar-refractivity contribution in [2.24, 2.45) is 21.7 Å².